The van der Waals surface area contributed by atoms with Gasteiger partial charge in [0.05, 0.1) is 20.9 Å². The van der Waals surface area contributed by atoms with Crippen molar-refractivity contribution in [1.82, 2.24) is 4.98 Å². The SMILES string of the molecule is Cc1cccc(Oc2cc3nc(C)sc3cc2N)c1. The normalized spacial score (nSPS) is 10.8. The molecule has 0 bridgehead atoms. The molecule has 19 heavy (non-hydrogen) atoms. The lowest BCUT2D eigenvalue weighted by atomic mass is 10.2. The molecule has 0 aliphatic heterocycles. The zero-order valence-electron chi connectivity index (χ0n) is 10.8. The third-order valence-corrected chi connectivity index (χ3v) is 3.78. The van der Waals surface area contributed by atoms with Crippen molar-refractivity contribution in [2.75, 3.05) is 5.73 Å². The second-order valence-corrected chi connectivity index (χ2v) is 5.74. The standard InChI is InChI=1S/C15H14N2OS/c1-9-4-3-5-11(6-9)18-14-8-13-15(7-12(14)16)19-10(2)17-13/h3-8H,16H2,1-2H3. The molecule has 1 aromatic heterocycles. The van der Waals surface area contributed by atoms with Crippen LogP contribution in [0.15, 0.2) is 36.4 Å². The summed E-state index contributed by atoms with van der Waals surface area (Å²) in [6.07, 6.45) is 0. The van der Waals surface area contributed by atoms with Crippen LogP contribution in [0.3, 0.4) is 0 Å². The highest BCUT2D eigenvalue weighted by atomic mass is 32.1. The Morgan fingerprint density at radius 3 is 2.79 bits per heavy atom. The van der Waals surface area contributed by atoms with E-state index in [1.54, 1.807) is 11.3 Å². The van der Waals surface area contributed by atoms with Crippen LogP contribution in [-0.4, -0.2) is 4.98 Å². The molecule has 0 atom stereocenters. The Morgan fingerprint density at radius 2 is 2.00 bits per heavy atom. The molecule has 0 unspecified atom stereocenters. The first-order valence-corrected chi connectivity index (χ1v) is 6.84. The van der Waals surface area contributed by atoms with Gasteiger partial charge in [-0.05, 0) is 37.6 Å². The summed E-state index contributed by atoms with van der Waals surface area (Å²) in [4.78, 5) is 4.46. The summed E-state index contributed by atoms with van der Waals surface area (Å²) in [5.41, 5.74) is 8.76. The van der Waals surface area contributed by atoms with E-state index in [4.69, 9.17) is 10.5 Å². The van der Waals surface area contributed by atoms with Gasteiger partial charge >= 0.3 is 0 Å². The van der Waals surface area contributed by atoms with Gasteiger partial charge in [0, 0.05) is 6.07 Å². The fraction of sp³-hybridized carbons (Fsp3) is 0.133. The first-order valence-electron chi connectivity index (χ1n) is 6.03. The number of nitrogens with two attached hydrogens (primary N) is 1. The highest BCUT2D eigenvalue weighted by molar-refractivity contribution is 7.18. The van der Waals surface area contributed by atoms with Gasteiger partial charge in [-0.3, -0.25) is 0 Å². The lowest BCUT2D eigenvalue weighted by Gasteiger charge is -2.08. The summed E-state index contributed by atoms with van der Waals surface area (Å²) in [5.74, 6) is 1.45. The molecule has 0 amide bonds. The Morgan fingerprint density at radius 1 is 1.16 bits per heavy atom. The van der Waals surface area contributed by atoms with Gasteiger partial charge < -0.3 is 10.5 Å². The van der Waals surface area contributed by atoms with Crippen molar-refractivity contribution in [3.63, 3.8) is 0 Å². The van der Waals surface area contributed by atoms with Crippen molar-refractivity contribution >= 4 is 27.2 Å². The molecule has 3 nitrogen and oxygen atoms in total. The van der Waals surface area contributed by atoms with Gasteiger partial charge in [-0.1, -0.05) is 12.1 Å². The lowest BCUT2D eigenvalue weighted by Crippen LogP contribution is -1.92. The zero-order chi connectivity index (χ0) is 13.4. The van der Waals surface area contributed by atoms with E-state index < -0.39 is 0 Å². The van der Waals surface area contributed by atoms with Gasteiger partial charge in [-0.2, -0.15) is 0 Å². The number of ether oxygens (including phenoxy) is 1. The molecule has 1 heterocycles. The first kappa shape index (κ1) is 12.0. The van der Waals surface area contributed by atoms with Crippen molar-refractivity contribution in [1.29, 1.82) is 0 Å². The average molecular weight is 270 g/mol. The van der Waals surface area contributed by atoms with E-state index in [1.807, 2.05) is 50.2 Å². The number of benzene rings is 2. The summed E-state index contributed by atoms with van der Waals surface area (Å²) in [6, 6.07) is 11.7. The van der Waals surface area contributed by atoms with Gasteiger partial charge in [0.25, 0.3) is 0 Å². The van der Waals surface area contributed by atoms with Crippen LogP contribution in [0.2, 0.25) is 0 Å². The van der Waals surface area contributed by atoms with E-state index >= 15 is 0 Å². The minimum atomic E-state index is 0.637. The van der Waals surface area contributed by atoms with Gasteiger partial charge in [-0.15, -0.1) is 11.3 Å². The molecule has 0 aliphatic carbocycles. The number of aromatic nitrogens is 1. The van der Waals surface area contributed by atoms with E-state index in [-0.39, 0.29) is 0 Å². The number of fused-ring (bicyclic) bond motifs is 1. The van der Waals surface area contributed by atoms with Gasteiger partial charge in [0.2, 0.25) is 0 Å². The molecule has 0 aliphatic rings. The van der Waals surface area contributed by atoms with E-state index in [1.165, 1.54) is 0 Å². The predicted octanol–water partition coefficient (Wildman–Crippen LogP) is 4.29. The summed E-state index contributed by atoms with van der Waals surface area (Å²) >= 11 is 1.64. The summed E-state index contributed by atoms with van der Waals surface area (Å²) in [7, 11) is 0. The molecule has 3 rings (SSSR count). The van der Waals surface area contributed by atoms with Crippen LogP contribution in [0.5, 0.6) is 11.5 Å². The molecular formula is C15H14N2OS. The molecule has 0 radical (unpaired) electrons. The van der Waals surface area contributed by atoms with Gasteiger partial charge in [0.15, 0.2) is 5.75 Å². The zero-order valence-corrected chi connectivity index (χ0v) is 11.6. The third-order valence-electron chi connectivity index (χ3n) is 2.84. The highest BCUT2D eigenvalue weighted by Crippen LogP contribution is 2.34. The molecule has 0 saturated carbocycles. The van der Waals surface area contributed by atoms with E-state index in [0.29, 0.717) is 11.4 Å². The van der Waals surface area contributed by atoms with Crippen molar-refractivity contribution in [3.8, 4) is 11.5 Å². The van der Waals surface area contributed by atoms with Crippen LogP contribution in [0.4, 0.5) is 5.69 Å². The van der Waals surface area contributed by atoms with Crippen LogP contribution in [0.25, 0.3) is 10.2 Å². The van der Waals surface area contributed by atoms with Crippen LogP contribution < -0.4 is 10.5 Å². The van der Waals surface area contributed by atoms with Crippen LogP contribution in [0.1, 0.15) is 10.6 Å². The smallest absolute Gasteiger partial charge is 0.152 e. The second-order valence-electron chi connectivity index (χ2n) is 4.51. The molecule has 3 aromatic rings. The van der Waals surface area contributed by atoms with Gasteiger partial charge in [-0.25, -0.2) is 4.98 Å². The Hall–Kier alpha value is -2.07. The van der Waals surface area contributed by atoms with Crippen molar-refractivity contribution < 1.29 is 4.74 Å². The highest BCUT2D eigenvalue weighted by Gasteiger charge is 2.08. The van der Waals surface area contributed by atoms with Crippen molar-refractivity contribution in [3.05, 3.63) is 47.0 Å². The van der Waals surface area contributed by atoms with Crippen LogP contribution in [0, 0.1) is 13.8 Å². The molecule has 0 spiro atoms. The number of rotatable bonds is 2. The number of anilines is 1. The van der Waals surface area contributed by atoms with E-state index in [9.17, 15) is 0 Å². The first-order chi connectivity index (χ1) is 9.11. The minimum absolute atomic E-state index is 0.637. The largest absolute Gasteiger partial charge is 0.455 e. The number of hydrogen-bond donors (Lipinski definition) is 1. The summed E-state index contributed by atoms with van der Waals surface area (Å²) in [6.45, 7) is 4.02. The number of aryl methyl sites for hydroxylation is 2. The molecule has 4 heteroatoms. The summed E-state index contributed by atoms with van der Waals surface area (Å²) < 4.78 is 6.94. The van der Waals surface area contributed by atoms with Crippen LogP contribution >= 0.6 is 11.3 Å². The molecule has 2 N–H and O–H groups in total. The molecular weight excluding hydrogens is 256 g/mol. The van der Waals surface area contributed by atoms with Gasteiger partial charge in [0.1, 0.15) is 5.75 Å². The monoisotopic (exact) mass is 270 g/mol. The Labute approximate surface area is 115 Å². The van der Waals surface area contributed by atoms with Crippen molar-refractivity contribution in [2.24, 2.45) is 0 Å². The number of hydrogen-bond acceptors (Lipinski definition) is 4. The fourth-order valence-corrected chi connectivity index (χ4v) is 2.84. The minimum Gasteiger partial charge on any atom is -0.455 e. The topological polar surface area (TPSA) is 48.1 Å². The van der Waals surface area contributed by atoms with Crippen molar-refractivity contribution in [2.45, 2.75) is 13.8 Å². The van der Waals surface area contributed by atoms with E-state index in [2.05, 4.69) is 4.98 Å². The molecule has 0 saturated heterocycles. The summed E-state index contributed by atoms with van der Waals surface area (Å²) in [5, 5.41) is 1.03. The molecule has 96 valence electrons. The predicted molar refractivity (Wildman–Crippen MR) is 80.0 cm³/mol. The molecule has 2 aromatic carbocycles. The van der Waals surface area contributed by atoms with Crippen LogP contribution in [-0.2, 0) is 0 Å². The van der Waals surface area contributed by atoms with E-state index in [0.717, 1.165) is 26.5 Å². The average Bonchev–Trinajstić information content (AvgIpc) is 2.69. The Bertz CT molecular complexity index is 749. The Balaban J connectivity index is 2.02. The maximum Gasteiger partial charge on any atom is 0.152 e. The fourth-order valence-electron chi connectivity index (χ4n) is 1.98. The lowest BCUT2D eigenvalue weighted by molar-refractivity contribution is 0.485. The third kappa shape index (κ3) is 2.39. The maximum absolute atomic E-state index is 6.04. The maximum atomic E-state index is 6.04. The Kier molecular flexibility index (Phi) is 2.87. The quantitative estimate of drug-likeness (QED) is 0.707. The second kappa shape index (κ2) is 4.55. The number of thiazole rings is 1. The number of nitrogens with zero attached hydrogens (tertiary/aromatic N) is 1. The number of nitrogen functional groups attached to an aromatic ring is 1. The molecule has 0 fully saturated rings.